The number of anilines is 2. The molecule has 0 aliphatic carbocycles. The maximum absolute atomic E-state index is 13.5. The topological polar surface area (TPSA) is 114 Å². The first-order chi connectivity index (χ1) is 21.3. The van der Waals surface area contributed by atoms with Crippen LogP contribution in [-0.4, -0.2) is 36.1 Å². The third-order valence-electron chi connectivity index (χ3n) is 6.33. The Hall–Kier alpha value is -5.22. The van der Waals surface area contributed by atoms with Crippen molar-refractivity contribution in [3.8, 4) is 0 Å². The largest absolute Gasteiger partial charge is 0.465 e. The van der Waals surface area contributed by atoms with Gasteiger partial charge in [-0.15, -0.1) is 11.8 Å². The highest BCUT2D eigenvalue weighted by molar-refractivity contribution is 8.00. The van der Waals surface area contributed by atoms with E-state index in [2.05, 4.69) is 16.0 Å². The number of benzene rings is 4. The third kappa shape index (κ3) is 8.65. The molecular formula is C34H30FN3O5S. The van der Waals surface area contributed by atoms with E-state index in [1.807, 2.05) is 13.0 Å². The predicted octanol–water partition coefficient (Wildman–Crippen LogP) is 6.53. The fourth-order valence-electron chi connectivity index (χ4n) is 4.09. The molecule has 1 atom stereocenters. The van der Waals surface area contributed by atoms with Crippen LogP contribution in [0.5, 0.6) is 0 Å². The summed E-state index contributed by atoms with van der Waals surface area (Å²) in [5.41, 5.74) is 1.87. The molecule has 1 unspecified atom stereocenters. The number of ether oxygens (including phenoxy) is 1. The summed E-state index contributed by atoms with van der Waals surface area (Å²) in [5.74, 6) is -2.36. The number of thioether (sulfide) groups is 1. The minimum Gasteiger partial charge on any atom is -0.465 e. The highest BCUT2D eigenvalue weighted by atomic mass is 32.2. The monoisotopic (exact) mass is 611 g/mol. The fourth-order valence-corrected chi connectivity index (χ4v) is 5.11. The minimum absolute atomic E-state index is 0.0430. The lowest BCUT2D eigenvalue weighted by atomic mass is 10.1. The number of esters is 1. The van der Waals surface area contributed by atoms with Crippen molar-refractivity contribution in [2.45, 2.75) is 23.5 Å². The standard InChI is InChI=1S/C34H30FN3O5S/c1-3-30(33(41)37-28-15-8-7-14-27(28)34(42)43-2)44-26-13-9-12-25(21-26)36-32(40)29(20-22-16-18-24(35)19-17-22)38-31(39)23-10-5-4-6-11-23/h4-21,30H,3H2,1-2H3,(H,36,40)(H,37,41)(H,38,39)/b29-20+. The lowest BCUT2D eigenvalue weighted by molar-refractivity contribution is -0.116. The number of para-hydroxylation sites is 1. The zero-order valence-electron chi connectivity index (χ0n) is 24.0. The van der Waals surface area contributed by atoms with Crippen LogP contribution in [0.1, 0.15) is 39.6 Å². The summed E-state index contributed by atoms with van der Waals surface area (Å²) < 4.78 is 18.3. The van der Waals surface area contributed by atoms with E-state index in [4.69, 9.17) is 4.74 Å². The van der Waals surface area contributed by atoms with E-state index in [9.17, 15) is 23.6 Å². The molecule has 4 rings (SSSR count). The van der Waals surface area contributed by atoms with Crippen molar-refractivity contribution in [3.05, 3.63) is 131 Å². The summed E-state index contributed by atoms with van der Waals surface area (Å²) in [7, 11) is 1.27. The number of halogens is 1. The van der Waals surface area contributed by atoms with Gasteiger partial charge >= 0.3 is 5.97 Å². The van der Waals surface area contributed by atoms with Gasteiger partial charge in [-0.05, 0) is 72.7 Å². The molecule has 0 aromatic heterocycles. The maximum atomic E-state index is 13.5. The average Bonchev–Trinajstić information content (AvgIpc) is 3.04. The number of rotatable bonds is 11. The van der Waals surface area contributed by atoms with E-state index >= 15 is 0 Å². The lowest BCUT2D eigenvalue weighted by Gasteiger charge is -2.17. The van der Waals surface area contributed by atoms with Gasteiger partial charge in [-0.1, -0.05) is 55.5 Å². The zero-order chi connectivity index (χ0) is 31.5. The molecule has 0 aliphatic heterocycles. The van der Waals surface area contributed by atoms with E-state index in [0.29, 0.717) is 33.8 Å². The summed E-state index contributed by atoms with van der Waals surface area (Å²) in [5, 5.41) is 7.76. The first kappa shape index (κ1) is 31.7. The fraction of sp³-hybridized carbons (Fsp3) is 0.118. The summed E-state index contributed by atoms with van der Waals surface area (Å²) >= 11 is 1.30. The molecule has 44 heavy (non-hydrogen) atoms. The number of hydrogen-bond acceptors (Lipinski definition) is 6. The Morgan fingerprint density at radius 2 is 1.57 bits per heavy atom. The predicted molar refractivity (Wildman–Crippen MR) is 170 cm³/mol. The number of nitrogens with one attached hydrogen (secondary N) is 3. The van der Waals surface area contributed by atoms with Crippen molar-refractivity contribution in [1.29, 1.82) is 0 Å². The molecule has 0 radical (unpaired) electrons. The van der Waals surface area contributed by atoms with Crippen LogP contribution in [-0.2, 0) is 14.3 Å². The van der Waals surface area contributed by atoms with Crippen molar-refractivity contribution >= 4 is 52.9 Å². The molecule has 4 aromatic carbocycles. The molecule has 0 heterocycles. The van der Waals surface area contributed by atoms with Gasteiger partial charge in [-0.2, -0.15) is 0 Å². The van der Waals surface area contributed by atoms with E-state index in [-0.39, 0.29) is 17.2 Å². The molecule has 0 saturated heterocycles. The number of carbonyl (C=O) groups excluding carboxylic acids is 4. The van der Waals surface area contributed by atoms with Crippen LogP contribution in [0.15, 0.2) is 114 Å². The van der Waals surface area contributed by atoms with E-state index in [1.165, 1.54) is 49.2 Å². The van der Waals surface area contributed by atoms with Gasteiger partial charge in [0.2, 0.25) is 5.91 Å². The molecule has 0 spiro atoms. The Kier molecular flexibility index (Phi) is 11.0. The molecule has 0 fully saturated rings. The van der Waals surface area contributed by atoms with Gasteiger partial charge in [-0.3, -0.25) is 14.4 Å². The van der Waals surface area contributed by atoms with Gasteiger partial charge < -0.3 is 20.7 Å². The summed E-state index contributed by atoms with van der Waals surface area (Å²) in [6.45, 7) is 1.87. The van der Waals surface area contributed by atoms with E-state index in [0.717, 1.165) is 0 Å². The molecule has 3 N–H and O–H groups in total. The molecule has 8 nitrogen and oxygen atoms in total. The SMILES string of the molecule is CCC(Sc1cccc(NC(=O)/C(=C\c2ccc(F)cc2)NC(=O)c2ccccc2)c1)C(=O)Nc1ccccc1C(=O)OC. The highest BCUT2D eigenvalue weighted by Gasteiger charge is 2.21. The van der Waals surface area contributed by atoms with E-state index in [1.54, 1.807) is 72.8 Å². The first-order valence-electron chi connectivity index (χ1n) is 13.7. The highest BCUT2D eigenvalue weighted by Crippen LogP contribution is 2.29. The quantitative estimate of drug-likeness (QED) is 0.101. The van der Waals surface area contributed by atoms with Gasteiger partial charge in [0.15, 0.2) is 0 Å². The van der Waals surface area contributed by atoms with Gasteiger partial charge in [0.1, 0.15) is 11.5 Å². The molecule has 4 aromatic rings. The summed E-state index contributed by atoms with van der Waals surface area (Å²) in [4.78, 5) is 52.2. The molecule has 224 valence electrons. The van der Waals surface area contributed by atoms with Crippen LogP contribution >= 0.6 is 11.8 Å². The molecule has 0 saturated carbocycles. The first-order valence-corrected chi connectivity index (χ1v) is 14.5. The average molecular weight is 612 g/mol. The Bertz CT molecular complexity index is 1680. The van der Waals surface area contributed by atoms with Crippen LogP contribution < -0.4 is 16.0 Å². The smallest absolute Gasteiger partial charge is 0.339 e. The third-order valence-corrected chi connectivity index (χ3v) is 7.69. The minimum atomic E-state index is -0.593. The van der Waals surface area contributed by atoms with Crippen molar-refractivity contribution in [2.75, 3.05) is 17.7 Å². The van der Waals surface area contributed by atoms with Crippen LogP contribution in [0.4, 0.5) is 15.8 Å². The molecule has 0 bridgehead atoms. The summed E-state index contributed by atoms with van der Waals surface area (Å²) in [6.07, 6.45) is 1.95. The van der Waals surface area contributed by atoms with Crippen molar-refractivity contribution in [2.24, 2.45) is 0 Å². The van der Waals surface area contributed by atoms with Crippen LogP contribution in [0, 0.1) is 5.82 Å². The molecular weight excluding hydrogens is 581 g/mol. The number of hydrogen-bond donors (Lipinski definition) is 3. The van der Waals surface area contributed by atoms with Crippen LogP contribution in [0.3, 0.4) is 0 Å². The number of carbonyl (C=O) groups is 4. The zero-order valence-corrected chi connectivity index (χ0v) is 24.8. The van der Waals surface area contributed by atoms with Gasteiger partial charge in [-0.25, -0.2) is 9.18 Å². The number of methoxy groups -OCH3 is 1. The number of amides is 3. The normalized spacial score (nSPS) is 11.7. The van der Waals surface area contributed by atoms with Gasteiger partial charge in [0.05, 0.1) is 23.6 Å². The molecule has 10 heteroatoms. The Balaban J connectivity index is 1.50. The maximum Gasteiger partial charge on any atom is 0.339 e. The van der Waals surface area contributed by atoms with Crippen LogP contribution in [0.2, 0.25) is 0 Å². The summed E-state index contributed by atoms with van der Waals surface area (Å²) in [6, 6.07) is 27.5. The Morgan fingerprint density at radius 3 is 2.27 bits per heavy atom. The van der Waals surface area contributed by atoms with Crippen molar-refractivity contribution in [1.82, 2.24) is 5.32 Å². The van der Waals surface area contributed by atoms with E-state index < -0.39 is 28.9 Å². The lowest BCUT2D eigenvalue weighted by Crippen LogP contribution is -2.30. The molecule has 3 amide bonds. The second kappa shape index (κ2) is 15.3. The van der Waals surface area contributed by atoms with Crippen LogP contribution in [0.25, 0.3) is 6.08 Å². The van der Waals surface area contributed by atoms with Gasteiger partial charge in [0.25, 0.3) is 11.8 Å². The van der Waals surface area contributed by atoms with Crippen molar-refractivity contribution in [3.63, 3.8) is 0 Å². The Morgan fingerprint density at radius 1 is 0.864 bits per heavy atom. The second-order valence-electron chi connectivity index (χ2n) is 9.45. The van der Waals surface area contributed by atoms with Gasteiger partial charge in [0, 0.05) is 16.1 Å². The molecule has 0 aliphatic rings. The van der Waals surface area contributed by atoms with Crippen molar-refractivity contribution < 1.29 is 28.3 Å². The second-order valence-corrected chi connectivity index (χ2v) is 10.7. The Labute approximate surface area is 258 Å².